The minimum Gasteiger partial charge on any atom is -0.493 e. The monoisotopic (exact) mass is 504 g/mol. The van der Waals surface area contributed by atoms with Crippen LogP contribution in [0.5, 0.6) is 11.5 Å². The minimum absolute atomic E-state index is 0.0180. The molecule has 7 nitrogen and oxygen atoms in total. The third kappa shape index (κ3) is 3.98. The fourth-order valence-electron chi connectivity index (χ4n) is 4.78. The average Bonchev–Trinajstić information content (AvgIpc) is 3.25. The summed E-state index contributed by atoms with van der Waals surface area (Å²) in [6, 6.07) is 25.1. The van der Waals surface area contributed by atoms with Gasteiger partial charge >= 0.3 is 0 Å². The van der Waals surface area contributed by atoms with Gasteiger partial charge in [-0.25, -0.2) is 4.98 Å². The van der Waals surface area contributed by atoms with E-state index in [1.165, 1.54) is 4.90 Å². The van der Waals surface area contributed by atoms with E-state index in [1.807, 2.05) is 49.4 Å². The number of carbonyl (C=O) groups is 1. The van der Waals surface area contributed by atoms with Gasteiger partial charge in [0.25, 0.3) is 5.91 Å². The third-order valence-corrected chi connectivity index (χ3v) is 6.66. The number of aromatic nitrogens is 1. The summed E-state index contributed by atoms with van der Waals surface area (Å²) in [7, 11) is 1.56. The second kappa shape index (κ2) is 9.52. The molecular weight excluding hydrogens is 480 g/mol. The van der Waals surface area contributed by atoms with Gasteiger partial charge in [0.1, 0.15) is 18.0 Å². The van der Waals surface area contributed by atoms with E-state index in [9.17, 15) is 9.59 Å². The Morgan fingerprint density at radius 1 is 0.921 bits per heavy atom. The van der Waals surface area contributed by atoms with Crippen LogP contribution in [0.1, 0.15) is 38.9 Å². The molecule has 0 N–H and O–H groups in total. The van der Waals surface area contributed by atoms with Crippen LogP contribution in [0.3, 0.4) is 0 Å². The maximum absolute atomic E-state index is 13.7. The van der Waals surface area contributed by atoms with Gasteiger partial charge in [-0.1, -0.05) is 54.6 Å². The van der Waals surface area contributed by atoms with Crippen LogP contribution in [0, 0.1) is 6.92 Å². The SMILES string of the molecule is COc1cc([C@@H]2c3c(oc4ccccc4c3=O)C(=O)N2c2ccc(C)cn2)ccc1OCc1ccccc1. The van der Waals surface area contributed by atoms with Crippen molar-refractivity contribution in [1.82, 2.24) is 4.98 Å². The molecule has 5 aromatic rings. The van der Waals surface area contributed by atoms with E-state index in [4.69, 9.17) is 13.9 Å². The van der Waals surface area contributed by atoms with E-state index in [1.54, 1.807) is 55.8 Å². The van der Waals surface area contributed by atoms with Crippen LogP contribution in [0.2, 0.25) is 0 Å². The molecule has 1 aliphatic rings. The Bertz CT molecular complexity index is 1710. The van der Waals surface area contributed by atoms with Gasteiger partial charge in [0, 0.05) is 6.20 Å². The number of pyridine rings is 1. The number of fused-ring (bicyclic) bond motifs is 2. The van der Waals surface area contributed by atoms with E-state index < -0.39 is 11.9 Å². The molecule has 6 rings (SSSR count). The van der Waals surface area contributed by atoms with E-state index in [2.05, 4.69) is 4.98 Å². The predicted molar refractivity (Wildman–Crippen MR) is 144 cm³/mol. The Hall–Kier alpha value is -4.91. The Morgan fingerprint density at radius 3 is 2.47 bits per heavy atom. The number of para-hydroxylation sites is 1. The number of aryl methyl sites for hydroxylation is 1. The molecule has 0 saturated carbocycles. The zero-order chi connectivity index (χ0) is 26.2. The van der Waals surface area contributed by atoms with Crippen LogP contribution in [0.25, 0.3) is 11.0 Å². The molecule has 1 aliphatic heterocycles. The summed E-state index contributed by atoms with van der Waals surface area (Å²) < 4.78 is 17.7. The van der Waals surface area contributed by atoms with Crippen LogP contribution >= 0.6 is 0 Å². The fourth-order valence-corrected chi connectivity index (χ4v) is 4.78. The molecule has 0 aliphatic carbocycles. The molecule has 2 aromatic heterocycles. The number of nitrogens with zero attached hydrogens (tertiary/aromatic N) is 2. The Kier molecular flexibility index (Phi) is 5.88. The summed E-state index contributed by atoms with van der Waals surface area (Å²) in [6.07, 6.45) is 1.69. The first-order chi connectivity index (χ1) is 18.5. The van der Waals surface area contributed by atoms with Crippen LogP contribution in [0.4, 0.5) is 5.82 Å². The van der Waals surface area contributed by atoms with Crippen molar-refractivity contribution in [3.63, 3.8) is 0 Å². The number of carbonyl (C=O) groups excluding carboxylic acids is 1. The quantitative estimate of drug-likeness (QED) is 0.289. The third-order valence-electron chi connectivity index (χ3n) is 6.66. The van der Waals surface area contributed by atoms with Gasteiger partial charge in [0.05, 0.1) is 24.1 Å². The van der Waals surface area contributed by atoms with Gasteiger partial charge in [-0.2, -0.15) is 0 Å². The number of hydrogen-bond acceptors (Lipinski definition) is 6. The zero-order valence-corrected chi connectivity index (χ0v) is 20.9. The first-order valence-corrected chi connectivity index (χ1v) is 12.2. The lowest BCUT2D eigenvalue weighted by molar-refractivity contribution is 0.0970. The first-order valence-electron chi connectivity index (χ1n) is 12.2. The van der Waals surface area contributed by atoms with Crippen molar-refractivity contribution in [2.75, 3.05) is 12.0 Å². The van der Waals surface area contributed by atoms with Gasteiger partial charge in [0.2, 0.25) is 5.76 Å². The van der Waals surface area contributed by atoms with E-state index in [0.717, 1.165) is 11.1 Å². The van der Waals surface area contributed by atoms with Gasteiger partial charge in [0.15, 0.2) is 16.9 Å². The van der Waals surface area contributed by atoms with Crippen molar-refractivity contribution in [1.29, 1.82) is 0 Å². The number of methoxy groups -OCH3 is 1. The molecule has 0 unspecified atom stereocenters. The van der Waals surface area contributed by atoms with Crippen molar-refractivity contribution >= 4 is 22.7 Å². The average molecular weight is 505 g/mol. The van der Waals surface area contributed by atoms with E-state index >= 15 is 0 Å². The number of benzene rings is 3. The normalized spacial score (nSPS) is 14.5. The molecule has 3 heterocycles. The molecule has 0 bridgehead atoms. The van der Waals surface area contributed by atoms with Gasteiger partial charge < -0.3 is 13.9 Å². The maximum atomic E-state index is 13.7. The summed E-state index contributed by atoms with van der Waals surface area (Å²) in [5, 5.41) is 0.414. The van der Waals surface area contributed by atoms with Crippen LogP contribution in [0.15, 0.2) is 100 Å². The minimum atomic E-state index is -0.759. The molecular formula is C31H24N2O5. The number of hydrogen-bond donors (Lipinski definition) is 0. The van der Waals surface area contributed by atoms with Gasteiger partial charge in [-0.15, -0.1) is 0 Å². The number of amides is 1. The summed E-state index contributed by atoms with van der Waals surface area (Å²) in [5.41, 5.74) is 3.04. The molecule has 3 aromatic carbocycles. The summed E-state index contributed by atoms with van der Waals surface area (Å²) >= 11 is 0. The first kappa shape index (κ1) is 23.5. The Labute approximate surface area is 218 Å². The highest BCUT2D eigenvalue weighted by Gasteiger charge is 2.44. The Morgan fingerprint density at radius 2 is 1.71 bits per heavy atom. The number of rotatable bonds is 6. The Balaban J connectivity index is 1.48. The van der Waals surface area contributed by atoms with Gasteiger partial charge in [-0.05, 0) is 53.9 Å². The second-order valence-corrected chi connectivity index (χ2v) is 9.13. The summed E-state index contributed by atoms with van der Waals surface area (Å²) in [4.78, 5) is 33.5. The topological polar surface area (TPSA) is 81.9 Å². The van der Waals surface area contributed by atoms with Crippen molar-refractivity contribution in [2.24, 2.45) is 0 Å². The van der Waals surface area contributed by atoms with Crippen LogP contribution in [-0.4, -0.2) is 18.0 Å². The lowest BCUT2D eigenvalue weighted by Gasteiger charge is -2.25. The van der Waals surface area contributed by atoms with Crippen molar-refractivity contribution in [3.8, 4) is 11.5 Å². The van der Waals surface area contributed by atoms with Gasteiger partial charge in [-0.3, -0.25) is 14.5 Å². The van der Waals surface area contributed by atoms with E-state index in [-0.39, 0.29) is 16.8 Å². The maximum Gasteiger partial charge on any atom is 0.296 e. The molecule has 1 amide bonds. The molecule has 0 radical (unpaired) electrons. The predicted octanol–water partition coefficient (Wildman–Crippen LogP) is 5.83. The van der Waals surface area contributed by atoms with Crippen LogP contribution in [-0.2, 0) is 6.61 Å². The number of ether oxygens (including phenoxy) is 2. The molecule has 7 heteroatoms. The fraction of sp³-hybridized carbons (Fsp3) is 0.129. The van der Waals surface area contributed by atoms with E-state index in [0.29, 0.717) is 40.5 Å². The molecule has 0 saturated heterocycles. The highest BCUT2D eigenvalue weighted by Crippen LogP contribution is 2.42. The lowest BCUT2D eigenvalue weighted by Crippen LogP contribution is -2.30. The number of anilines is 1. The highest BCUT2D eigenvalue weighted by atomic mass is 16.5. The molecule has 188 valence electrons. The summed E-state index contributed by atoms with van der Waals surface area (Å²) in [6.45, 7) is 2.29. The molecule has 38 heavy (non-hydrogen) atoms. The highest BCUT2D eigenvalue weighted by molar-refractivity contribution is 6.10. The lowest BCUT2D eigenvalue weighted by atomic mass is 9.98. The largest absolute Gasteiger partial charge is 0.493 e. The smallest absolute Gasteiger partial charge is 0.296 e. The molecule has 1 atom stereocenters. The molecule has 0 fully saturated rings. The molecule has 0 spiro atoms. The van der Waals surface area contributed by atoms with Crippen molar-refractivity contribution in [3.05, 3.63) is 129 Å². The van der Waals surface area contributed by atoms with Crippen molar-refractivity contribution < 1.29 is 18.7 Å². The standard InChI is InChI=1S/C31H24N2O5/c1-19-12-15-26(32-17-19)33-28(27-29(34)22-10-6-7-11-23(22)38-30(27)31(33)35)21-13-14-24(25(16-21)36-2)37-18-20-8-4-3-5-9-20/h3-17,28H,18H2,1-2H3/t28-/m1/s1. The van der Waals surface area contributed by atoms with Crippen molar-refractivity contribution in [2.45, 2.75) is 19.6 Å². The van der Waals surface area contributed by atoms with Crippen LogP contribution < -0.4 is 19.8 Å². The zero-order valence-electron chi connectivity index (χ0n) is 20.9. The second-order valence-electron chi connectivity index (χ2n) is 9.13. The summed E-state index contributed by atoms with van der Waals surface area (Å²) in [5.74, 6) is 1.05.